The first kappa shape index (κ1) is 23.2. The molecule has 0 saturated heterocycles. The molecule has 0 saturated carbocycles. The Morgan fingerprint density at radius 1 is 0.957 bits per heavy atom. The topological polar surface area (TPSA) is 100 Å². The Morgan fingerprint density at radius 3 is 1.74 bits per heavy atom. The van der Waals surface area contributed by atoms with Crippen LogP contribution in [-0.4, -0.2) is 49.6 Å². The Bertz CT molecular complexity index is 429. The van der Waals surface area contributed by atoms with E-state index in [9.17, 15) is 13.9 Å². The number of amides is 1. The van der Waals surface area contributed by atoms with Crippen LogP contribution < -0.4 is 5.32 Å². The fourth-order valence-electron chi connectivity index (χ4n) is 1.77. The van der Waals surface area contributed by atoms with E-state index in [1.54, 1.807) is 27.7 Å². The van der Waals surface area contributed by atoms with Crippen molar-refractivity contribution in [1.82, 2.24) is 5.32 Å². The summed E-state index contributed by atoms with van der Waals surface area (Å²) in [6.45, 7) is 7.19. The largest absolute Gasteiger partial charge is 0.353 e. The number of alkyl halides is 1. The van der Waals surface area contributed by atoms with Crippen molar-refractivity contribution in [2.75, 3.05) is 37.9 Å². The molecule has 0 heterocycles. The van der Waals surface area contributed by atoms with Gasteiger partial charge in [-0.3, -0.25) is 13.9 Å². The molecule has 1 atom stereocenters. The third-order valence-electron chi connectivity index (χ3n) is 2.50. The number of carbonyl (C=O) groups is 1. The van der Waals surface area contributed by atoms with Crippen molar-refractivity contribution in [2.24, 2.45) is 0 Å². The summed E-state index contributed by atoms with van der Waals surface area (Å²) in [5, 5.41) is 2.51. The van der Waals surface area contributed by atoms with Gasteiger partial charge in [-0.2, -0.15) is 0 Å². The van der Waals surface area contributed by atoms with E-state index in [0.717, 1.165) is 0 Å². The van der Waals surface area contributed by atoms with Crippen molar-refractivity contribution in [2.45, 2.75) is 33.5 Å². The van der Waals surface area contributed by atoms with Gasteiger partial charge in [-0.1, -0.05) is 15.9 Å². The average Bonchev–Trinajstić information content (AvgIpc) is 2.47. The van der Waals surface area contributed by atoms with Crippen LogP contribution in [0.4, 0.5) is 0 Å². The number of nitrogens with one attached hydrogen (secondary N) is 1. The van der Waals surface area contributed by atoms with E-state index in [-0.39, 0.29) is 37.9 Å². The quantitative estimate of drug-likeness (QED) is 0.348. The number of hydrogen-bond donors (Lipinski definition) is 1. The Balaban J connectivity index is 5.52. The lowest BCUT2D eigenvalue weighted by atomic mass is 10.6. The second-order valence-electron chi connectivity index (χ2n) is 4.22. The molecule has 0 aliphatic carbocycles. The van der Waals surface area contributed by atoms with Crippen LogP contribution in [0.3, 0.4) is 0 Å². The minimum absolute atomic E-state index is 0.00464. The van der Waals surface area contributed by atoms with Crippen molar-refractivity contribution in [1.29, 1.82) is 0 Å². The summed E-state index contributed by atoms with van der Waals surface area (Å²) in [7, 11) is -7.27. The predicted octanol–water partition coefficient (Wildman–Crippen LogP) is 3.36. The lowest BCUT2D eigenvalue weighted by Crippen LogP contribution is -2.39. The molecule has 0 aromatic heterocycles. The van der Waals surface area contributed by atoms with Crippen molar-refractivity contribution in [3.8, 4) is 0 Å². The van der Waals surface area contributed by atoms with Gasteiger partial charge in [0.2, 0.25) is 5.91 Å². The minimum Gasteiger partial charge on any atom is -0.341 e. The first-order valence-electron chi connectivity index (χ1n) is 7.42. The molecule has 1 unspecified atom stereocenters. The zero-order valence-corrected chi connectivity index (χ0v) is 17.3. The highest BCUT2D eigenvalue weighted by molar-refractivity contribution is 9.09. The Labute approximate surface area is 146 Å². The molecule has 11 heteroatoms. The van der Waals surface area contributed by atoms with E-state index < -0.39 is 26.9 Å². The van der Waals surface area contributed by atoms with Crippen LogP contribution in [0.15, 0.2) is 0 Å². The molecule has 0 fully saturated rings. The van der Waals surface area contributed by atoms with Gasteiger partial charge in [0, 0.05) is 0 Å². The maximum Gasteiger partial charge on any atom is 0.353 e. The number of halogens is 1. The molecule has 0 aliphatic heterocycles. The van der Waals surface area contributed by atoms with Gasteiger partial charge in [0.1, 0.15) is 5.78 Å². The molecule has 138 valence electrons. The van der Waals surface area contributed by atoms with Crippen LogP contribution in [0.2, 0.25) is 0 Å². The molecular formula is C12H26BrNO7P2. The van der Waals surface area contributed by atoms with Crippen molar-refractivity contribution >= 4 is 37.0 Å². The highest BCUT2D eigenvalue weighted by atomic mass is 79.9. The van der Waals surface area contributed by atoms with E-state index in [0.29, 0.717) is 0 Å². The Hall–Kier alpha value is 0.250. The fraction of sp³-hybridized carbons (Fsp3) is 0.917. The lowest BCUT2D eigenvalue weighted by molar-refractivity contribution is -0.118. The molecule has 0 spiro atoms. The van der Waals surface area contributed by atoms with Crippen LogP contribution in [0.5, 0.6) is 0 Å². The van der Waals surface area contributed by atoms with E-state index >= 15 is 0 Å². The monoisotopic (exact) mass is 437 g/mol. The second-order valence-corrected chi connectivity index (χ2v) is 9.10. The maximum absolute atomic E-state index is 12.9. The standard InChI is InChI=1S/C12H26BrNO7P2/c1-5-18-22(16,19-6-2)10-12(14-11(15)9-13)23(17,20-7-3)21-8-4/h12H,5-10H2,1-4H3,(H,14,15). The van der Waals surface area contributed by atoms with Crippen LogP contribution in [0.25, 0.3) is 0 Å². The molecule has 1 N–H and O–H groups in total. The van der Waals surface area contributed by atoms with Gasteiger partial charge in [0.25, 0.3) is 0 Å². The zero-order chi connectivity index (χ0) is 17.9. The first-order valence-corrected chi connectivity index (χ1v) is 11.9. The molecule has 0 aliphatic rings. The molecular weight excluding hydrogens is 412 g/mol. The summed E-state index contributed by atoms with van der Waals surface area (Å²) in [6.07, 6.45) is -0.301. The van der Waals surface area contributed by atoms with E-state index in [2.05, 4.69) is 21.2 Å². The van der Waals surface area contributed by atoms with E-state index in [1.807, 2.05) is 0 Å². The Morgan fingerprint density at radius 2 is 1.39 bits per heavy atom. The highest BCUT2D eigenvalue weighted by Gasteiger charge is 2.42. The van der Waals surface area contributed by atoms with Crippen LogP contribution in [0, 0.1) is 0 Å². The summed E-state index contributed by atoms with van der Waals surface area (Å²) in [5.41, 5.74) is 0. The maximum atomic E-state index is 12.9. The van der Waals surface area contributed by atoms with E-state index in [4.69, 9.17) is 18.1 Å². The van der Waals surface area contributed by atoms with E-state index in [1.165, 1.54) is 0 Å². The van der Waals surface area contributed by atoms with Gasteiger partial charge in [0.05, 0.1) is 37.9 Å². The summed E-state index contributed by atoms with van der Waals surface area (Å²) in [4.78, 5) is 11.7. The average molecular weight is 438 g/mol. The number of rotatable bonds is 13. The third kappa shape index (κ3) is 8.25. The highest BCUT2D eigenvalue weighted by Crippen LogP contribution is 2.59. The first-order chi connectivity index (χ1) is 10.8. The van der Waals surface area contributed by atoms with Gasteiger partial charge < -0.3 is 23.4 Å². The minimum atomic E-state index is -3.73. The van der Waals surface area contributed by atoms with Gasteiger partial charge in [-0.15, -0.1) is 0 Å². The number of carbonyl (C=O) groups excluding carboxylic acids is 1. The summed E-state index contributed by atoms with van der Waals surface area (Å²) in [6, 6.07) is 0. The second kappa shape index (κ2) is 11.7. The van der Waals surface area contributed by atoms with Gasteiger partial charge in [-0.25, -0.2) is 0 Å². The normalized spacial score (nSPS) is 13.8. The Kier molecular flexibility index (Phi) is 11.9. The molecule has 0 aromatic rings. The lowest BCUT2D eigenvalue weighted by Gasteiger charge is -2.29. The van der Waals surface area contributed by atoms with Crippen molar-refractivity contribution < 1.29 is 32.0 Å². The van der Waals surface area contributed by atoms with Gasteiger partial charge in [-0.05, 0) is 27.7 Å². The smallest absolute Gasteiger partial charge is 0.341 e. The summed E-state index contributed by atoms with van der Waals surface area (Å²) >= 11 is 3.01. The third-order valence-corrected chi connectivity index (χ3v) is 7.72. The molecule has 0 bridgehead atoms. The van der Waals surface area contributed by atoms with Crippen LogP contribution in [-0.2, 0) is 32.0 Å². The van der Waals surface area contributed by atoms with Crippen LogP contribution in [0.1, 0.15) is 27.7 Å². The fourth-order valence-corrected chi connectivity index (χ4v) is 6.38. The van der Waals surface area contributed by atoms with Gasteiger partial charge in [0.15, 0.2) is 0 Å². The summed E-state index contributed by atoms with van der Waals surface area (Å²) in [5.74, 6) is -1.56. The summed E-state index contributed by atoms with van der Waals surface area (Å²) < 4.78 is 46.6. The van der Waals surface area contributed by atoms with Gasteiger partial charge >= 0.3 is 15.2 Å². The molecule has 8 nitrogen and oxygen atoms in total. The van der Waals surface area contributed by atoms with Crippen LogP contribution >= 0.6 is 31.1 Å². The molecule has 1 amide bonds. The molecule has 0 radical (unpaired) electrons. The SMILES string of the molecule is CCOP(=O)(CC(NC(=O)CBr)P(=O)(OCC)OCC)OCC. The molecule has 23 heavy (non-hydrogen) atoms. The predicted molar refractivity (Wildman–Crippen MR) is 92.3 cm³/mol. The molecule has 0 aromatic carbocycles. The van der Waals surface area contributed by atoms with Crippen molar-refractivity contribution in [3.05, 3.63) is 0 Å². The molecule has 0 rings (SSSR count). The zero-order valence-electron chi connectivity index (χ0n) is 14.0. The number of hydrogen-bond acceptors (Lipinski definition) is 7. The van der Waals surface area contributed by atoms with Crippen molar-refractivity contribution in [3.63, 3.8) is 0 Å².